The first kappa shape index (κ1) is 20.8. The van der Waals surface area contributed by atoms with Crippen molar-refractivity contribution in [2.75, 3.05) is 12.0 Å². The lowest BCUT2D eigenvalue weighted by Gasteiger charge is -2.29. The summed E-state index contributed by atoms with van der Waals surface area (Å²) in [6, 6.07) is 26.0. The molecular weight excluding hydrogens is 462 g/mol. The van der Waals surface area contributed by atoms with Crippen molar-refractivity contribution < 1.29 is 4.74 Å². The molecule has 6 nitrogen and oxygen atoms in total. The van der Waals surface area contributed by atoms with Gasteiger partial charge in [0.2, 0.25) is 0 Å². The second-order valence-electron chi connectivity index (χ2n) is 7.94. The third-order valence-corrected chi connectivity index (χ3v) is 7.37. The van der Waals surface area contributed by atoms with Crippen molar-refractivity contribution in [3.63, 3.8) is 0 Å². The third kappa shape index (κ3) is 3.43. The van der Waals surface area contributed by atoms with E-state index in [4.69, 9.17) is 21.9 Å². The Bertz CT molecular complexity index is 1450. The average Bonchev–Trinajstić information content (AvgIpc) is 3.60. The SMILES string of the molecule is COc1ccccc1N1C(=S)N[C@H](c2ccccn2)[C@@H]1c1cccn1-c1nc2ccccc2s1. The van der Waals surface area contributed by atoms with Crippen molar-refractivity contribution in [3.8, 4) is 10.9 Å². The molecule has 1 aliphatic rings. The highest BCUT2D eigenvalue weighted by atomic mass is 32.1. The van der Waals surface area contributed by atoms with Gasteiger partial charge in [0.25, 0.3) is 0 Å². The molecule has 0 spiro atoms. The number of pyridine rings is 1. The molecule has 0 radical (unpaired) electrons. The first-order valence-corrected chi connectivity index (χ1v) is 12.1. The van der Waals surface area contributed by atoms with E-state index in [1.807, 2.05) is 66.9 Å². The number of hydrogen-bond acceptors (Lipinski definition) is 5. The minimum Gasteiger partial charge on any atom is -0.495 e. The zero-order valence-corrected chi connectivity index (χ0v) is 20.0. The van der Waals surface area contributed by atoms with Crippen LogP contribution in [0.4, 0.5) is 5.69 Å². The van der Waals surface area contributed by atoms with E-state index in [0.29, 0.717) is 5.11 Å². The normalized spacial score (nSPS) is 17.8. The van der Waals surface area contributed by atoms with E-state index in [0.717, 1.165) is 38.2 Å². The molecule has 6 rings (SSSR count). The molecule has 1 aliphatic heterocycles. The Morgan fingerprint density at radius 2 is 1.79 bits per heavy atom. The molecule has 2 atom stereocenters. The number of aromatic nitrogens is 3. The van der Waals surface area contributed by atoms with Crippen molar-refractivity contribution >= 4 is 44.6 Å². The second kappa shape index (κ2) is 8.55. The van der Waals surface area contributed by atoms with Gasteiger partial charge in [-0.05, 0) is 60.7 Å². The Hall–Kier alpha value is -3.75. The molecule has 34 heavy (non-hydrogen) atoms. The number of nitrogens with zero attached hydrogens (tertiary/aromatic N) is 4. The summed E-state index contributed by atoms with van der Waals surface area (Å²) in [6.45, 7) is 0. The van der Waals surface area contributed by atoms with Gasteiger partial charge in [0.15, 0.2) is 10.2 Å². The first-order valence-electron chi connectivity index (χ1n) is 10.9. The van der Waals surface area contributed by atoms with Crippen LogP contribution in [0.2, 0.25) is 0 Å². The van der Waals surface area contributed by atoms with E-state index in [9.17, 15) is 0 Å². The maximum absolute atomic E-state index is 5.88. The van der Waals surface area contributed by atoms with Gasteiger partial charge in [-0.2, -0.15) is 0 Å². The molecule has 5 aromatic rings. The van der Waals surface area contributed by atoms with Crippen molar-refractivity contribution in [1.82, 2.24) is 19.9 Å². The molecule has 0 aliphatic carbocycles. The van der Waals surface area contributed by atoms with Crippen molar-refractivity contribution in [2.45, 2.75) is 12.1 Å². The van der Waals surface area contributed by atoms with Gasteiger partial charge in [0.1, 0.15) is 11.8 Å². The molecule has 0 amide bonds. The number of nitrogens with one attached hydrogen (secondary N) is 1. The summed E-state index contributed by atoms with van der Waals surface area (Å²) in [7, 11) is 1.68. The van der Waals surface area contributed by atoms with Gasteiger partial charge in [0.05, 0.1) is 40.4 Å². The summed E-state index contributed by atoms with van der Waals surface area (Å²) >= 11 is 7.55. The number of thiazole rings is 1. The number of methoxy groups -OCH3 is 1. The fraction of sp³-hybridized carbons (Fsp3) is 0.115. The highest BCUT2D eigenvalue weighted by Crippen LogP contribution is 2.45. The fourth-order valence-electron chi connectivity index (χ4n) is 4.52. The minimum atomic E-state index is -0.166. The molecule has 1 fully saturated rings. The number of fused-ring (bicyclic) bond motifs is 1. The third-order valence-electron chi connectivity index (χ3n) is 6.01. The zero-order valence-electron chi connectivity index (χ0n) is 18.3. The number of rotatable bonds is 5. The van der Waals surface area contributed by atoms with Crippen LogP contribution in [0.15, 0.2) is 91.3 Å². The van der Waals surface area contributed by atoms with E-state index >= 15 is 0 Å². The van der Waals surface area contributed by atoms with Crippen LogP contribution < -0.4 is 15.0 Å². The van der Waals surface area contributed by atoms with Crippen molar-refractivity contribution in [2.24, 2.45) is 0 Å². The average molecular weight is 484 g/mol. The molecule has 0 saturated carbocycles. The number of benzene rings is 2. The van der Waals surface area contributed by atoms with Crippen LogP contribution in [-0.2, 0) is 0 Å². The molecule has 4 heterocycles. The molecule has 8 heteroatoms. The lowest BCUT2D eigenvalue weighted by Crippen LogP contribution is -2.30. The van der Waals surface area contributed by atoms with Crippen LogP contribution in [0, 0.1) is 0 Å². The summed E-state index contributed by atoms with van der Waals surface area (Å²) in [5, 5.41) is 5.07. The van der Waals surface area contributed by atoms with Gasteiger partial charge < -0.3 is 15.0 Å². The molecule has 168 valence electrons. The van der Waals surface area contributed by atoms with Gasteiger partial charge in [-0.1, -0.05) is 41.7 Å². The number of anilines is 1. The molecular formula is C26H21N5OS2. The summed E-state index contributed by atoms with van der Waals surface area (Å²) in [5.41, 5.74) is 3.88. The van der Waals surface area contributed by atoms with Crippen LogP contribution >= 0.6 is 23.6 Å². The van der Waals surface area contributed by atoms with Gasteiger partial charge >= 0.3 is 0 Å². The smallest absolute Gasteiger partial charge is 0.194 e. The molecule has 1 saturated heterocycles. The van der Waals surface area contributed by atoms with E-state index in [1.54, 1.807) is 18.4 Å². The lowest BCUT2D eigenvalue weighted by atomic mass is 10.0. The summed E-state index contributed by atoms with van der Waals surface area (Å²) in [4.78, 5) is 11.7. The number of thiocarbonyl (C=S) groups is 1. The predicted octanol–water partition coefficient (Wildman–Crippen LogP) is 5.67. The highest BCUT2D eigenvalue weighted by molar-refractivity contribution is 7.80. The van der Waals surface area contributed by atoms with E-state index in [1.165, 1.54) is 0 Å². The van der Waals surface area contributed by atoms with Gasteiger partial charge in [-0.3, -0.25) is 9.55 Å². The fourth-order valence-corrected chi connectivity index (χ4v) is 5.83. The maximum atomic E-state index is 5.88. The van der Waals surface area contributed by atoms with Crippen molar-refractivity contribution in [3.05, 3.63) is 103 Å². The largest absolute Gasteiger partial charge is 0.495 e. The highest BCUT2D eigenvalue weighted by Gasteiger charge is 2.43. The van der Waals surface area contributed by atoms with Crippen LogP contribution in [0.3, 0.4) is 0 Å². The number of hydrogen-bond donors (Lipinski definition) is 1. The van der Waals surface area contributed by atoms with Crippen LogP contribution in [0.25, 0.3) is 15.3 Å². The zero-order chi connectivity index (χ0) is 23.1. The van der Waals surface area contributed by atoms with Gasteiger partial charge in [-0.25, -0.2) is 4.98 Å². The van der Waals surface area contributed by atoms with Crippen molar-refractivity contribution in [1.29, 1.82) is 0 Å². The predicted molar refractivity (Wildman–Crippen MR) is 140 cm³/mol. The second-order valence-corrected chi connectivity index (χ2v) is 9.33. The Morgan fingerprint density at radius 1 is 0.971 bits per heavy atom. The standard InChI is InChI=1S/C26H21N5OS2/c1-32-21-13-4-3-11-19(21)31-24(23(29-25(31)33)18-10-6-7-15-27-18)20-12-8-16-30(20)26-28-17-9-2-5-14-22(17)34-26/h2-16,23-24H,1H3,(H,29,33)/t23-,24+/m1/s1. The minimum absolute atomic E-state index is 0.151. The molecule has 0 bridgehead atoms. The van der Waals surface area contributed by atoms with Crippen LogP contribution in [-0.4, -0.2) is 26.8 Å². The van der Waals surface area contributed by atoms with E-state index < -0.39 is 0 Å². The summed E-state index contributed by atoms with van der Waals surface area (Å²) in [5.74, 6) is 0.761. The Labute approximate surface area is 206 Å². The molecule has 2 aromatic carbocycles. The Morgan fingerprint density at radius 3 is 2.62 bits per heavy atom. The quantitative estimate of drug-likeness (QED) is 0.325. The van der Waals surface area contributed by atoms with E-state index in [2.05, 4.69) is 44.2 Å². The topological polar surface area (TPSA) is 55.2 Å². The first-order chi connectivity index (χ1) is 16.7. The molecule has 3 aromatic heterocycles. The maximum Gasteiger partial charge on any atom is 0.194 e. The van der Waals surface area contributed by atoms with Gasteiger partial charge in [-0.15, -0.1) is 0 Å². The Balaban J connectivity index is 1.53. The van der Waals surface area contributed by atoms with E-state index in [-0.39, 0.29) is 12.1 Å². The van der Waals surface area contributed by atoms with Crippen LogP contribution in [0.1, 0.15) is 23.5 Å². The lowest BCUT2D eigenvalue weighted by molar-refractivity contribution is 0.414. The number of para-hydroxylation sites is 3. The summed E-state index contributed by atoms with van der Waals surface area (Å²) in [6.07, 6.45) is 3.87. The Kier molecular flexibility index (Phi) is 5.24. The summed E-state index contributed by atoms with van der Waals surface area (Å²) < 4.78 is 9.01. The molecule has 0 unspecified atom stereocenters. The number of ether oxygens (including phenoxy) is 1. The van der Waals surface area contributed by atoms with Gasteiger partial charge in [0, 0.05) is 12.4 Å². The monoisotopic (exact) mass is 483 g/mol. The van der Waals surface area contributed by atoms with Crippen LogP contribution in [0.5, 0.6) is 5.75 Å². The molecule has 1 N–H and O–H groups in total.